The van der Waals surface area contributed by atoms with E-state index in [9.17, 15) is 4.79 Å². The zero-order chi connectivity index (χ0) is 16.3. The molecule has 0 saturated carbocycles. The lowest BCUT2D eigenvalue weighted by Crippen LogP contribution is -2.39. The summed E-state index contributed by atoms with van der Waals surface area (Å²) in [4.78, 5) is 14.3. The van der Waals surface area contributed by atoms with E-state index < -0.39 is 0 Å². The van der Waals surface area contributed by atoms with E-state index in [1.165, 1.54) is 0 Å². The second kappa shape index (κ2) is 6.76. The molecule has 1 heterocycles. The summed E-state index contributed by atoms with van der Waals surface area (Å²) in [6, 6.07) is 5.23. The minimum Gasteiger partial charge on any atom is -0.369 e. The van der Waals surface area contributed by atoms with Crippen molar-refractivity contribution in [1.29, 1.82) is 0 Å². The van der Waals surface area contributed by atoms with Crippen LogP contribution in [0.3, 0.4) is 0 Å². The fourth-order valence-corrected chi connectivity index (χ4v) is 2.45. The number of nitrogens with one attached hydrogen (secondary N) is 1. The summed E-state index contributed by atoms with van der Waals surface area (Å²) in [7, 11) is 0. The molecule has 1 N–H and O–H groups in total. The van der Waals surface area contributed by atoms with Crippen LogP contribution in [0.25, 0.3) is 0 Å². The number of benzene rings is 1. The van der Waals surface area contributed by atoms with Gasteiger partial charge in [0, 0.05) is 24.0 Å². The first kappa shape index (κ1) is 16.9. The van der Waals surface area contributed by atoms with Crippen LogP contribution in [0.4, 0.5) is 0 Å². The Hall–Kier alpha value is -1.45. The average molecular weight is 339 g/mol. The number of nitrogens with zero attached hydrogens (tertiary/aromatic N) is 1. The Balaban J connectivity index is 1.92. The summed E-state index contributed by atoms with van der Waals surface area (Å²) < 4.78 is 0. The van der Waals surface area contributed by atoms with Gasteiger partial charge in [0.25, 0.3) is 0 Å². The number of amides is 1. The van der Waals surface area contributed by atoms with Crippen LogP contribution in [-0.4, -0.2) is 22.9 Å². The molecule has 0 bridgehead atoms. The lowest BCUT2D eigenvalue weighted by atomic mass is 10.1. The van der Waals surface area contributed by atoms with E-state index in [0.717, 1.165) is 17.8 Å². The third-order valence-corrected chi connectivity index (χ3v) is 4.18. The highest BCUT2D eigenvalue weighted by Crippen LogP contribution is 2.23. The van der Waals surface area contributed by atoms with Crippen molar-refractivity contribution in [3.05, 3.63) is 57.9 Å². The van der Waals surface area contributed by atoms with Crippen LogP contribution in [0.2, 0.25) is 10.0 Å². The smallest absolute Gasteiger partial charge is 0.228 e. The Labute approximate surface area is 141 Å². The van der Waals surface area contributed by atoms with E-state index in [2.05, 4.69) is 31.0 Å². The molecule has 0 unspecified atom stereocenters. The van der Waals surface area contributed by atoms with Crippen LogP contribution in [0.1, 0.15) is 26.3 Å². The highest BCUT2D eigenvalue weighted by atomic mass is 35.5. The van der Waals surface area contributed by atoms with Crippen molar-refractivity contribution in [2.75, 3.05) is 6.54 Å². The minimum absolute atomic E-state index is 0.0708. The van der Waals surface area contributed by atoms with Crippen molar-refractivity contribution in [3.8, 4) is 0 Å². The summed E-state index contributed by atoms with van der Waals surface area (Å²) >= 11 is 11.8. The SMILES string of the molecule is CC(C)(C)N1C=CC(NC(=O)Cc2ccc(Cl)c(Cl)c2)=CC1. The number of hydrogen-bond donors (Lipinski definition) is 1. The Morgan fingerprint density at radius 1 is 1.27 bits per heavy atom. The Morgan fingerprint density at radius 2 is 2.00 bits per heavy atom. The molecule has 0 atom stereocenters. The fraction of sp³-hybridized carbons (Fsp3) is 0.353. The molecule has 0 radical (unpaired) electrons. The summed E-state index contributed by atoms with van der Waals surface area (Å²) in [6.07, 6.45) is 6.21. The molecule has 3 nitrogen and oxygen atoms in total. The lowest BCUT2D eigenvalue weighted by molar-refractivity contribution is -0.119. The third kappa shape index (κ3) is 4.52. The number of hydrogen-bond acceptors (Lipinski definition) is 2. The summed E-state index contributed by atoms with van der Waals surface area (Å²) in [5.41, 5.74) is 1.73. The van der Waals surface area contributed by atoms with Gasteiger partial charge in [-0.05, 0) is 50.6 Å². The first-order chi connectivity index (χ1) is 10.3. The average Bonchev–Trinajstić information content (AvgIpc) is 2.42. The third-order valence-electron chi connectivity index (χ3n) is 3.44. The Morgan fingerprint density at radius 3 is 2.55 bits per heavy atom. The molecule has 0 fully saturated rings. The number of halogens is 2. The van der Waals surface area contributed by atoms with Crippen molar-refractivity contribution in [2.24, 2.45) is 0 Å². The molecule has 5 heteroatoms. The molecule has 1 amide bonds. The molecular weight excluding hydrogens is 319 g/mol. The summed E-state index contributed by atoms with van der Waals surface area (Å²) in [6.45, 7) is 7.24. The topological polar surface area (TPSA) is 32.3 Å². The van der Waals surface area contributed by atoms with Gasteiger partial charge in [0.2, 0.25) is 5.91 Å². The maximum absolute atomic E-state index is 12.1. The van der Waals surface area contributed by atoms with Crippen molar-refractivity contribution in [3.63, 3.8) is 0 Å². The van der Waals surface area contributed by atoms with Gasteiger partial charge in [0.1, 0.15) is 0 Å². The molecule has 0 saturated heterocycles. The fourth-order valence-electron chi connectivity index (χ4n) is 2.13. The van der Waals surface area contributed by atoms with Crippen LogP contribution in [0.5, 0.6) is 0 Å². The monoisotopic (exact) mass is 338 g/mol. The van der Waals surface area contributed by atoms with Crippen LogP contribution >= 0.6 is 23.2 Å². The first-order valence-corrected chi connectivity index (χ1v) is 7.90. The zero-order valence-electron chi connectivity index (χ0n) is 13.0. The van der Waals surface area contributed by atoms with Crippen molar-refractivity contribution >= 4 is 29.1 Å². The summed E-state index contributed by atoms with van der Waals surface area (Å²) in [5, 5.41) is 3.86. The van der Waals surface area contributed by atoms with Gasteiger partial charge in [-0.2, -0.15) is 0 Å². The van der Waals surface area contributed by atoms with E-state index in [4.69, 9.17) is 23.2 Å². The quantitative estimate of drug-likeness (QED) is 0.897. The maximum Gasteiger partial charge on any atom is 0.228 e. The normalized spacial score (nSPS) is 14.8. The van der Waals surface area contributed by atoms with Gasteiger partial charge in [0.05, 0.1) is 16.5 Å². The molecule has 0 spiro atoms. The number of carbonyl (C=O) groups excluding carboxylic acids is 1. The van der Waals surface area contributed by atoms with Crippen LogP contribution in [0, 0.1) is 0 Å². The first-order valence-electron chi connectivity index (χ1n) is 7.14. The largest absolute Gasteiger partial charge is 0.369 e. The Kier molecular flexibility index (Phi) is 5.20. The second-order valence-electron chi connectivity index (χ2n) is 6.27. The molecule has 1 aromatic carbocycles. The maximum atomic E-state index is 12.1. The van der Waals surface area contributed by atoms with Gasteiger partial charge in [-0.25, -0.2) is 0 Å². The van der Waals surface area contributed by atoms with Gasteiger partial charge >= 0.3 is 0 Å². The lowest BCUT2D eigenvalue weighted by Gasteiger charge is -2.35. The van der Waals surface area contributed by atoms with Gasteiger partial charge in [-0.1, -0.05) is 29.3 Å². The highest BCUT2D eigenvalue weighted by Gasteiger charge is 2.19. The predicted molar refractivity (Wildman–Crippen MR) is 92.0 cm³/mol. The van der Waals surface area contributed by atoms with E-state index in [0.29, 0.717) is 10.0 Å². The Bertz CT molecular complexity index is 630. The summed E-state index contributed by atoms with van der Waals surface area (Å²) in [5.74, 6) is -0.0708. The van der Waals surface area contributed by atoms with Crippen molar-refractivity contribution in [1.82, 2.24) is 10.2 Å². The van der Waals surface area contributed by atoms with Crippen LogP contribution < -0.4 is 5.32 Å². The van der Waals surface area contributed by atoms with Crippen molar-refractivity contribution in [2.45, 2.75) is 32.7 Å². The van der Waals surface area contributed by atoms with Gasteiger partial charge < -0.3 is 10.2 Å². The molecule has 22 heavy (non-hydrogen) atoms. The minimum atomic E-state index is -0.0708. The molecule has 118 valence electrons. The molecule has 1 aromatic rings. The second-order valence-corrected chi connectivity index (χ2v) is 7.09. The van der Waals surface area contributed by atoms with Gasteiger partial charge in [-0.3, -0.25) is 4.79 Å². The molecule has 2 rings (SSSR count). The van der Waals surface area contributed by atoms with E-state index >= 15 is 0 Å². The highest BCUT2D eigenvalue weighted by molar-refractivity contribution is 6.42. The standard InChI is InChI=1S/C17H20Cl2N2O/c1-17(2,3)21-8-6-13(7-9-21)20-16(22)11-12-4-5-14(18)15(19)10-12/h4-8,10H,9,11H2,1-3H3,(H,20,22). The molecule has 1 aliphatic heterocycles. The number of allylic oxidation sites excluding steroid dienone is 1. The molecule has 0 aromatic heterocycles. The predicted octanol–water partition coefficient (Wildman–Crippen LogP) is 4.16. The van der Waals surface area contributed by atoms with E-state index in [-0.39, 0.29) is 17.9 Å². The molecular formula is C17H20Cl2N2O. The van der Waals surface area contributed by atoms with Crippen LogP contribution in [-0.2, 0) is 11.2 Å². The molecule has 1 aliphatic rings. The van der Waals surface area contributed by atoms with E-state index in [1.807, 2.05) is 18.4 Å². The number of rotatable bonds is 3. The van der Waals surface area contributed by atoms with Gasteiger partial charge in [-0.15, -0.1) is 0 Å². The van der Waals surface area contributed by atoms with Crippen LogP contribution in [0.15, 0.2) is 42.2 Å². The zero-order valence-corrected chi connectivity index (χ0v) is 14.5. The van der Waals surface area contributed by atoms with E-state index in [1.54, 1.807) is 18.2 Å². The van der Waals surface area contributed by atoms with Gasteiger partial charge in [0.15, 0.2) is 0 Å². The van der Waals surface area contributed by atoms with Crippen molar-refractivity contribution < 1.29 is 4.79 Å². The molecule has 0 aliphatic carbocycles. The number of carbonyl (C=O) groups is 1.